The van der Waals surface area contributed by atoms with Crippen LogP contribution in [0.25, 0.3) is 0 Å². The number of amides is 5. The normalized spacial score (nSPS) is 15.4. The highest BCUT2D eigenvalue weighted by molar-refractivity contribution is 5.98. The van der Waals surface area contributed by atoms with E-state index in [4.69, 9.17) is 39.5 Å². The topological polar surface area (TPSA) is 363 Å². The summed E-state index contributed by atoms with van der Waals surface area (Å²) < 4.78 is 0. The van der Waals surface area contributed by atoms with Crippen LogP contribution >= 0.6 is 0 Å². The molecule has 17 N–H and O–H groups in total. The van der Waals surface area contributed by atoms with Crippen molar-refractivity contribution < 1.29 is 39.0 Å². The third-order valence-corrected chi connectivity index (χ3v) is 9.00. The summed E-state index contributed by atoms with van der Waals surface area (Å²) >= 11 is 0. The van der Waals surface area contributed by atoms with Crippen LogP contribution in [0.3, 0.4) is 0 Å². The number of guanidine groups is 2. The molecule has 4 atom stereocenters. The van der Waals surface area contributed by atoms with E-state index in [1.54, 1.807) is 12.1 Å². The van der Waals surface area contributed by atoms with Gasteiger partial charge in [0.2, 0.25) is 29.5 Å². The Kier molecular flexibility index (Phi) is 17.2. The first-order valence-corrected chi connectivity index (χ1v) is 17.3. The van der Waals surface area contributed by atoms with Gasteiger partial charge >= 0.3 is 5.97 Å². The Morgan fingerprint density at radius 2 is 1.32 bits per heavy atom. The fourth-order valence-corrected chi connectivity index (χ4v) is 6.00. The number of carboxylic acid groups (broad SMARTS) is 1. The number of nitrogens with zero attached hydrogens (tertiary/aromatic N) is 3. The molecule has 0 radical (unpaired) electrons. The van der Waals surface area contributed by atoms with Gasteiger partial charge in [-0.3, -0.25) is 38.8 Å². The number of hydrogen-bond acceptors (Lipinski definition) is 10. The maximum Gasteiger partial charge on any atom is 0.303 e. The molecular weight excluding hydrogens is 692 g/mol. The van der Waals surface area contributed by atoms with E-state index >= 15 is 0 Å². The molecular formula is C33H54N12O8. The lowest BCUT2D eigenvalue weighted by molar-refractivity contribution is -0.149. The molecule has 2 rings (SSSR count). The van der Waals surface area contributed by atoms with Gasteiger partial charge in [0.1, 0.15) is 29.4 Å². The number of carboxylic acids is 1. The van der Waals surface area contributed by atoms with Crippen molar-refractivity contribution in [3.63, 3.8) is 0 Å². The summed E-state index contributed by atoms with van der Waals surface area (Å²) in [6.07, 6.45) is 1.71. The summed E-state index contributed by atoms with van der Waals surface area (Å²) in [7, 11) is 1.43. The number of rotatable bonds is 22. The first-order valence-electron chi connectivity index (χ1n) is 17.3. The molecule has 0 bridgehead atoms. The fourth-order valence-electron chi connectivity index (χ4n) is 6.00. The summed E-state index contributed by atoms with van der Waals surface area (Å²) in [5, 5.41) is 26.6. The number of phenolic OH excluding ortho intramolecular Hbond substituents is 1. The van der Waals surface area contributed by atoms with Crippen LogP contribution in [-0.2, 0) is 35.2 Å². The number of aliphatic imine (C=N–C) groups is 2. The van der Waals surface area contributed by atoms with Crippen LogP contribution < -0.4 is 50.4 Å². The minimum Gasteiger partial charge on any atom is -0.508 e. The number of carbonyl (C=O) groups is 6. The lowest BCUT2D eigenvalue weighted by atomic mass is 9.92. The van der Waals surface area contributed by atoms with E-state index in [1.165, 1.54) is 24.1 Å². The van der Waals surface area contributed by atoms with E-state index in [0.717, 1.165) is 0 Å². The highest BCUT2D eigenvalue weighted by Crippen LogP contribution is 2.36. The Morgan fingerprint density at radius 1 is 0.792 bits per heavy atom. The average Bonchev–Trinajstić information content (AvgIpc) is 3.60. The highest BCUT2D eigenvalue weighted by atomic mass is 16.4. The Bertz CT molecular complexity index is 1490. The van der Waals surface area contributed by atoms with Crippen molar-refractivity contribution in [3.05, 3.63) is 29.8 Å². The fraction of sp³-hybridized carbons (Fsp3) is 0.576. The molecule has 53 heavy (non-hydrogen) atoms. The lowest BCUT2D eigenvalue weighted by Crippen LogP contribution is -2.64. The maximum atomic E-state index is 14.3. The van der Waals surface area contributed by atoms with Crippen LogP contribution in [-0.4, -0.2) is 112 Å². The molecule has 1 saturated carbocycles. The van der Waals surface area contributed by atoms with Crippen LogP contribution in [0, 0.1) is 0 Å². The van der Waals surface area contributed by atoms with E-state index in [1.807, 2.05) is 0 Å². The number of benzene rings is 1. The molecule has 1 aliphatic rings. The standard InChI is InChI=1S/C33H54N12O8/c1-45(29(52)23(7-5-17-41-32(38)39)42-27(50)21(34)12-13-25(47)48)33(14-2-3-15-33)30(53)44-22(6-4-16-40-31(36)37)28(51)43-24(26(35)49)18-19-8-10-20(46)11-9-19/h8-11,21-24,46H,2-7,12-18,34H2,1H3,(H2,35,49)(H,42,50)(H,43,51)(H,44,53)(H,47,48)(H4,36,37,40)(H4,38,39,41)/t21-,22-,23-,24-/m0/s1. The second-order valence-corrected chi connectivity index (χ2v) is 13.0. The van der Waals surface area contributed by atoms with Crippen molar-refractivity contribution in [1.82, 2.24) is 20.9 Å². The number of nitrogens with two attached hydrogens (primary N) is 6. The number of phenols is 1. The molecule has 20 heteroatoms. The van der Waals surface area contributed by atoms with Crippen molar-refractivity contribution in [2.24, 2.45) is 44.4 Å². The molecule has 5 amide bonds. The van der Waals surface area contributed by atoms with Gasteiger partial charge in [-0.1, -0.05) is 25.0 Å². The molecule has 1 aliphatic carbocycles. The Hall–Kier alpha value is -5.66. The van der Waals surface area contributed by atoms with E-state index in [0.29, 0.717) is 18.4 Å². The summed E-state index contributed by atoms with van der Waals surface area (Å²) in [4.78, 5) is 87.6. The van der Waals surface area contributed by atoms with Gasteiger partial charge in [0.25, 0.3) is 0 Å². The van der Waals surface area contributed by atoms with Crippen molar-refractivity contribution in [3.8, 4) is 5.75 Å². The van der Waals surface area contributed by atoms with E-state index in [-0.39, 0.29) is 88.5 Å². The summed E-state index contributed by atoms with van der Waals surface area (Å²) in [6.45, 7) is 0.270. The molecule has 0 saturated heterocycles. The number of aliphatic carboxylic acids is 1. The molecule has 1 fully saturated rings. The second kappa shape index (κ2) is 21.0. The average molecular weight is 747 g/mol. The third kappa shape index (κ3) is 14.1. The summed E-state index contributed by atoms with van der Waals surface area (Å²) in [5.41, 5.74) is 32.4. The van der Waals surface area contributed by atoms with Crippen LogP contribution in [0.2, 0.25) is 0 Å². The zero-order valence-corrected chi connectivity index (χ0v) is 30.0. The van der Waals surface area contributed by atoms with Gasteiger partial charge < -0.3 is 65.5 Å². The first kappa shape index (κ1) is 43.5. The van der Waals surface area contributed by atoms with Crippen LogP contribution in [0.15, 0.2) is 34.3 Å². The molecule has 294 valence electrons. The van der Waals surface area contributed by atoms with Gasteiger partial charge in [0, 0.05) is 33.0 Å². The Labute approximate surface area is 307 Å². The monoisotopic (exact) mass is 746 g/mol. The van der Waals surface area contributed by atoms with E-state index in [2.05, 4.69) is 25.9 Å². The van der Waals surface area contributed by atoms with Crippen LogP contribution in [0.4, 0.5) is 0 Å². The maximum absolute atomic E-state index is 14.3. The number of nitrogens with one attached hydrogen (secondary N) is 3. The van der Waals surface area contributed by atoms with Crippen molar-refractivity contribution in [2.45, 2.75) is 100 Å². The van der Waals surface area contributed by atoms with Crippen molar-refractivity contribution in [2.75, 3.05) is 20.1 Å². The van der Waals surface area contributed by atoms with Crippen molar-refractivity contribution in [1.29, 1.82) is 0 Å². The summed E-state index contributed by atoms with van der Waals surface area (Å²) in [5.74, 6) is -5.00. The van der Waals surface area contributed by atoms with E-state index < -0.39 is 65.2 Å². The number of primary amides is 1. The number of hydrogen-bond donors (Lipinski definition) is 11. The Balaban J connectivity index is 2.36. The zero-order valence-electron chi connectivity index (χ0n) is 30.0. The molecule has 1 aromatic carbocycles. The minimum atomic E-state index is -1.43. The minimum absolute atomic E-state index is 0.00740. The number of likely N-dealkylation sites (N-methyl/N-ethyl adjacent to an activating group) is 1. The van der Waals surface area contributed by atoms with Gasteiger partial charge in [-0.15, -0.1) is 0 Å². The lowest BCUT2D eigenvalue weighted by Gasteiger charge is -2.40. The highest BCUT2D eigenvalue weighted by Gasteiger charge is 2.49. The van der Waals surface area contributed by atoms with Gasteiger partial charge in [-0.2, -0.15) is 0 Å². The van der Waals surface area contributed by atoms with Gasteiger partial charge in [-0.05, 0) is 62.6 Å². The second-order valence-electron chi connectivity index (χ2n) is 13.0. The predicted molar refractivity (Wildman–Crippen MR) is 195 cm³/mol. The Morgan fingerprint density at radius 3 is 1.83 bits per heavy atom. The van der Waals surface area contributed by atoms with Gasteiger partial charge in [0.15, 0.2) is 11.9 Å². The van der Waals surface area contributed by atoms with Crippen LogP contribution in [0.5, 0.6) is 5.75 Å². The van der Waals surface area contributed by atoms with Crippen LogP contribution in [0.1, 0.15) is 69.8 Å². The smallest absolute Gasteiger partial charge is 0.303 e. The molecule has 20 nitrogen and oxygen atoms in total. The summed E-state index contributed by atoms with van der Waals surface area (Å²) in [6, 6.07) is 1.22. The molecule has 0 aromatic heterocycles. The molecule has 0 aliphatic heterocycles. The first-order chi connectivity index (χ1) is 25.0. The molecule has 1 aromatic rings. The SMILES string of the molecule is CN(C(=O)[C@H](CCCN=C(N)N)NC(=O)[C@@H](N)CCC(=O)O)C1(C(=O)N[C@@H](CCCN=C(N)N)C(=O)N[C@@H](Cc2ccc(O)cc2)C(N)=O)CCCC1. The third-order valence-electron chi connectivity index (χ3n) is 9.00. The number of carbonyl (C=O) groups excluding carboxylic acids is 5. The van der Waals surface area contributed by atoms with Gasteiger partial charge in [-0.25, -0.2) is 0 Å². The largest absolute Gasteiger partial charge is 0.508 e. The number of aromatic hydroxyl groups is 1. The molecule has 0 spiro atoms. The van der Waals surface area contributed by atoms with Crippen molar-refractivity contribution >= 4 is 47.4 Å². The van der Waals surface area contributed by atoms with E-state index in [9.17, 15) is 33.9 Å². The predicted octanol–water partition coefficient (Wildman–Crippen LogP) is -3.06. The van der Waals surface area contributed by atoms with Gasteiger partial charge in [0.05, 0.1) is 6.04 Å². The molecule has 0 unspecified atom stereocenters. The molecule has 0 heterocycles. The zero-order chi connectivity index (χ0) is 39.7. The quantitative estimate of drug-likeness (QED) is 0.0319.